The lowest BCUT2D eigenvalue weighted by molar-refractivity contribution is -0.122. The lowest BCUT2D eigenvalue weighted by Gasteiger charge is -2.17. The summed E-state index contributed by atoms with van der Waals surface area (Å²) in [5.74, 6) is 0.285. The minimum atomic E-state index is -0.766. The first-order chi connectivity index (χ1) is 14.2. The number of aromatic nitrogens is 1. The second-order valence-electron chi connectivity index (χ2n) is 6.29. The minimum Gasteiger partial charge on any atom is -0.341 e. The molecule has 0 saturated heterocycles. The van der Waals surface area contributed by atoms with Crippen LogP contribution in [0.5, 0.6) is 0 Å². The summed E-state index contributed by atoms with van der Waals surface area (Å²) in [6.45, 7) is -0.108. The molecule has 2 N–H and O–H groups in total. The van der Waals surface area contributed by atoms with Gasteiger partial charge < -0.3 is 10.6 Å². The molecule has 3 rings (SSSR count). The van der Waals surface area contributed by atoms with Crippen molar-refractivity contribution in [1.82, 2.24) is 15.6 Å². The third-order valence-electron chi connectivity index (χ3n) is 4.19. The van der Waals surface area contributed by atoms with E-state index in [2.05, 4.69) is 15.6 Å². The van der Waals surface area contributed by atoms with Crippen LogP contribution in [0.25, 0.3) is 10.9 Å². The van der Waals surface area contributed by atoms with Crippen molar-refractivity contribution in [2.45, 2.75) is 11.8 Å². The zero-order chi connectivity index (χ0) is 20.5. The van der Waals surface area contributed by atoms with Crippen molar-refractivity contribution in [3.8, 4) is 6.07 Å². The van der Waals surface area contributed by atoms with E-state index in [0.717, 1.165) is 10.9 Å². The Kier molecular flexibility index (Phi) is 7.20. The molecule has 0 aliphatic carbocycles. The van der Waals surface area contributed by atoms with Crippen LogP contribution < -0.4 is 10.6 Å². The van der Waals surface area contributed by atoms with Crippen LogP contribution in [0, 0.1) is 11.3 Å². The molecule has 3 aromatic rings. The smallest absolute Gasteiger partial charge is 0.270 e. The molecule has 0 spiro atoms. The Labute approximate surface area is 173 Å². The van der Waals surface area contributed by atoms with Gasteiger partial charge in [0.05, 0.1) is 11.6 Å². The molecular weight excluding hydrogens is 384 g/mol. The van der Waals surface area contributed by atoms with Gasteiger partial charge in [-0.15, -0.1) is 0 Å². The predicted octanol–water partition coefficient (Wildman–Crippen LogP) is 2.91. The number of para-hydroxylation sites is 1. The number of fused-ring (bicyclic) bond motifs is 1. The van der Waals surface area contributed by atoms with Gasteiger partial charge in [-0.3, -0.25) is 9.59 Å². The van der Waals surface area contributed by atoms with E-state index in [1.54, 1.807) is 6.07 Å². The van der Waals surface area contributed by atoms with Gasteiger partial charge in [-0.25, -0.2) is 4.98 Å². The van der Waals surface area contributed by atoms with Crippen molar-refractivity contribution in [2.75, 3.05) is 12.3 Å². The van der Waals surface area contributed by atoms with Gasteiger partial charge >= 0.3 is 0 Å². The quantitative estimate of drug-likeness (QED) is 0.563. The Balaban J connectivity index is 1.67. The molecule has 0 fully saturated rings. The summed E-state index contributed by atoms with van der Waals surface area (Å²) in [6, 6.07) is 22.0. The molecule has 0 aliphatic rings. The molecule has 7 heteroatoms. The third kappa shape index (κ3) is 5.80. The van der Waals surface area contributed by atoms with Crippen molar-refractivity contribution in [3.05, 3.63) is 78.0 Å². The van der Waals surface area contributed by atoms with E-state index >= 15 is 0 Å². The van der Waals surface area contributed by atoms with Gasteiger partial charge in [-0.1, -0.05) is 54.6 Å². The molecule has 0 aliphatic heterocycles. The molecule has 0 saturated carbocycles. The number of carbonyl (C=O) groups is 2. The number of benzene rings is 2. The topological polar surface area (TPSA) is 94.9 Å². The number of amides is 2. The molecule has 1 atom stereocenters. The zero-order valence-corrected chi connectivity index (χ0v) is 16.5. The van der Waals surface area contributed by atoms with Crippen molar-refractivity contribution in [1.29, 1.82) is 5.26 Å². The fourth-order valence-corrected chi connectivity index (χ4v) is 3.74. The third-order valence-corrected chi connectivity index (χ3v) is 5.30. The number of thioether (sulfide) groups is 1. The zero-order valence-electron chi connectivity index (χ0n) is 15.7. The van der Waals surface area contributed by atoms with Crippen LogP contribution in [-0.2, 0) is 10.5 Å². The lowest BCUT2D eigenvalue weighted by Crippen LogP contribution is -2.48. The maximum Gasteiger partial charge on any atom is 0.270 e. The fourth-order valence-electron chi connectivity index (χ4n) is 2.73. The van der Waals surface area contributed by atoms with E-state index < -0.39 is 11.9 Å². The molecule has 146 valence electrons. The van der Waals surface area contributed by atoms with Gasteiger partial charge in [0.15, 0.2) is 0 Å². The predicted molar refractivity (Wildman–Crippen MR) is 114 cm³/mol. The summed E-state index contributed by atoms with van der Waals surface area (Å²) < 4.78 is 0. The standard InChI is InChI=1S/C22H20N4O2S/c23-12-13-24-21(27)20(15-29-14-16-6-2-1-3-7-16)26-22(28)19-11-10-17-8-4-5-9-18(17)25-19/h1-11,20H,13-15H2,(H,24,27)(H,26,28). The van der Waals surface area contributed by atoms with Crippen LogP contribution in [0.4, 0.5) is 0 Å². The molecule has 29 heavy (non-hydrogen) atoms. The minimum absolute atomic E-state index is 0.108. The number of rotatable bonds is 8. The highest BCUT2D eigenvalue weighted by Gasteiger charge is 2.22. The molecule has 1 aromatic heterocycles. The van der Waals surface area contributed by atoms with Gasteiger partial charge in [-0.05, 0) is 17.7 Å². The Hall–Kier alpha value is -3.37. The van der Waals surface area contributed by atoms with E-state index in [1.165, 1.54) is 11.8 Å². The molecule has 1 heterocycles. The van der Waals surface area contributed by atoms with Crippen LogP contribution >= 0.6 is 11.8 Å². The summed E-state index contributed by atoms with van der Waals surface area (Å²) in [5, 5.41) is 14.9. The van der Waals surface area contributed by atoms with Crippen LogP contribution in [0.3, 0.4) is 0 Å². The molecule has 0 radical (unpaired) electrons. The molecule has 6 nitrogen and oxygen atoms in total. The molecule has 2 amide bonds. The summed E-state index contributed by atoms with van der Waals surface area (Å²) in [7, 11) is 0. The van der Waals surface area contributed by atoms with E-state index in [9.17, 15) is 9.59 Å². The number of carbonyl (C=O) groups excluding carboxylic acids is 2. The van der Waals surface area contributed by atoms with Gasteiger partial charge in [0.2, 0.25) is 5.91 Å². The van der Waals surface area contributed by atoms with Crippen molar-refractivity contribution in [2.24, 2.45) is 0 Å². The van der Waals surface area contributed by atoms with E-state index in [4.69, 9.17) is 5.26 Å². The number of pyridine rings is 1. The highest BCUT2D eigenvalue weighted by atomic mass is 32.2. The average Bonchev–Trinajstić information content (AvgIpc) is 2.77. The largest absolute Gasteiger partial charge is 0.341 e. The number of nitriles is 1. The Morgan fingerprint density at radius 2 is 1.79 bits per heavy atom. The second kappa shape index (κ2) is 10.2. The van der Waals surface area contributed by atoms with Gasteiger partial charge in [0, 0.05) is 16.9 Å². The molecule has 1 unspecified atom stereocenters. The fraction of sp³-hybridized carbons (Fsp3) is 0.182. The normalized spacial score (nSPS) is 11.4. The average molecular weight is 404 g/mol. The van der Waals surface area contributed by atoms with Crippen LogP contribution in [0.1, 0.15) is 16.1 Å². The summed E-state index contributed by atoms with van der Waals surface area (Å²) in [4.78, 5) is 29.5. The monoisotopic (exact) mass is 404 g/mol. The van der Waals surface area contributed by atoms with Crippen molar-refractivity contribution < 1.29 is 9.59 Å². The summed E-state index contributed by atoms with van der Waals surface area (Å²) in [5.41, 5.74) is 2.09. The van der Waals surface area contributed by atoms with E-state index in [0.29, 0.717) is 17.0 Å². The van der Waals surface area contributed by atoms with Gasteiger partial charge in [-0.2, -0.15) is 17.0 Å². The van der Waals surface area contributed by atoms with Crippen LogP contribution in [0.15, 0.2) is 66.7 Å². The maximum atomic E-state index is 12.7. The first-order valence-corrected chi connectivity index (χ1v) is 10.3. The summed E-state index contributed by atoms with van der Waals surface area (Å²) >= 11 is 1.54. The van der Waals surface area contributed by atoms with Gasteiger partial charge in [0.1, 0.15) is 18.3 Å². The first-order valence-electron chi connectivity index (χ1n) is 9.10. The van der Waals surface area contributed by atoms with Crippen molar-refractivity contribution in [3.63, 3.8) is 0 Å². The Bertz CT molecular complexity index is 1030. The number of nitrogens with one attached hydrogen (secondary N) is 2. The number of hydrogen-bond donors (Lipinski definition) is 2. The van der Waals surface area contributed by atoms with E-state index in [-0.39, 0.29) is 18.1 Å². The first kappa shape index (κ1) is 20.4. The van der Waals surface area contributed by atoms with Crippen LogP contribution in [-0.4, -0.2) is 35.1 Å². The SMILES string of the molecule is N#CCNC(=O)C(CSCc1ccccc1)NC(=O)c1ccc2ccccc2n1. The number of nitrogens with zero attached hydrogens (tertiary/aromatic N) is 2. The second-order valence-corrected chi connectivity index (χ2v) is 7.32. The number of hydrogen-bond acceptors (Lipinski definition) is 5. The summed E-state index contributed by atoms with van der Waals surface area (Å²) in [6.07, 6.45) is 0. The van der Waals surface area contributed by atoms with Gasteiger partial charge in [0.25, 0.3) is 5.91 Å². The highest BCUT2D eigenvalue weighted by molar-refractivity contribution is 7.98. The molecule has 2 aromatic carbocycles. The highest BCUT2D eigenvalue weighted by Crippen LogP contribution is 2.14. The van der Waals surface area contributed by atoms with E-state index in [1.807, 2.05) is 66.7 Å². The molecular formula is C22H20N4O2S. The lowest BCUT2D eigenvalue weighted by atomic mass is 10.2. The Morgan fingerprint density at radius 1 is 1.03 bits per heavy atom. The maximum absolute atomic E-state index is 12.7. The van der Waals surface area contributed by atoms with Crippen LogP contribution in [0.2, 0.25) is 0 Å². The van der Waals surface area contributed by atoms with Crippen molar-refractivity contribution >= 4 is 34.5 Å². The molecule has 0 bridgehead atoms. The Morgan fingerprint density at radius 3 is 2.59 bits per heavy atom.